The van der Waals surface area contributed by atoms with Crippen molar-refractivity contribution in [2.24, 2.45) is 0 Å². The van der Waals surface area contributed by atoms with Crippen LogP contribution < -0.4 is 0 Å². The van der Waals surface area contributed by atoms with E-state index >= 15 is 0 Å². The lowest BCUT2D eigenvalue weighted by Gasteiger charge is -2.08. The van der Waals surface area contributed by atoms with E-state index in [0.717, 1.165) is 23.5 Å². The molecule has 0 fully saturated rings. The highest BCUT2D eigenvalue weighted by Gasteiger charge is 2.11. The molecular formula is C13H18O2S. The number of esters is 1. The van der Waals surface area contributed by atoms with Crippen LogP contribution in [0, 0.1) is 0 Å². The van der Waals surface area contributed by atoms with Gasteiger partial charge in [0.1, 0.15) is 0 Å². The van der Waals surface area contributed by atoms with Crippen LogP contribution in [-0.4, -0.2) is 18.3 Å². The Kier molecular flexibility index (Phi) is 6.01. The zero-order valence-corrected chi connectivity index (χ0v) is 10.7. The number of thioether (sulfide) groups is 1. The maximum absolute atomic E-state index is 11.8. The van der Waals surface area contributed by atoms with Gasteiger partial charge in [0.05, 0.1) is 12.2 Å². The molecule has 0 saturated heterocycles. The Morgan fingerprint density at radius 2 is 2.00 bits per heavy atom. The van der Waals surface area contributed by atoms with Gasteiger partial charge in [0.2, 0.25) is 0 Å². The van der Waals surface area contributed by atoms with E-state index in [1.54, 1.807) is 11.8 Å². The fraction of sp³-hybridized carbons (Fsp3) is 0.462. The lowest BCUT2D eigenvalue weighted by Crippen LogP contribution is -2.07. The Balaban J connectivity index is 2.73. The van der Waals surface area contributed by atoms with E-state index in [9.17, 15) is 4.79 Å². The van der Waals surface area contributed by atoms with Crippen molar-refractivity contribution in [3.63, 3.8) is 0 Å². The maximum Gasteiger partial charge on any atom is 0.339 e. The van der Waals surface area contributed by atoms with E-state index in [1.807, 2.05) is 31.2 Å². The second kappa shape index (κ2) is 7.34. The lowest BCUT2D eigenvalue weighted by molar-refractivity contribution is 0.0501. The molecule has 0 atom stereocenters. The number of hydrogen-bond acceptors (Lipinski definition) is 3. The molecule has 0 aliphatic carbocycles. The predicted octanol–water partition coefficient (Wildman–Crippen LogP) is 3.76. The van der Waals surface area contributed by atoms with E-state index in [4.69, 9.17) is 4.74 Å². The molecule has 0 aliphatic heterocycles. The molecule has 0 spiro atoms. The standard InChI is InChI=1S/C13H18O2S/c1-3-9-15-13(14)11-7-5-6-8-12(11)16-10-4-2/h5-8H,3-4,9-10H2,1-2H3. The molecule has 0 N–H and O–H groups in total. The van der Waals surface area contributed by atoms with Gasteiger partial charge >= 0.3 is 5.97 Å². The second-order valence-corrected chi connectivity index (χ2v) is 4.62. The van der Waals surface area contributed by atoms with Crippen LogP contribution >= 0.6 is 11.8 Å². The van der Waals surface area contributed by atoms with E-state index < -0.39 is 0 Å². The summed E-state index contributed by atoms with van der Waals surface area (Å²) < 4.78 is 5.15. The summed E-state index contributed by atoms with van der Waals surface area (Å²) in [5.74, 6) is 0.819. The fourth-order valence-corrected chi connectivity index (χ4v) is 2.15. The Morgan fingerprint density at radius 1 is 1.25 bits per heavy atom. The summed E-state index contributed by atoms with van der Waals surface area (Å²) in [6, 6.07) is 7.63. The van der Waals surface area contributed by atoms with Crippen molar-refractivity contribution in [1.82, 2.24) is 0 Å². The largest absolute Gasteiger partial charge is 0.462 e. The SMILES string of the molecule is CCCOC(=O)c1ccccc1SCCC. The van der Waals surface area contributed by atoms with Gasteiger partial charge in [-0.3, -0.25) is 0 Å². The van der Waals surface area contributed by atoms with Crippen LogP contribution in [-0.2, 0) is 4.74 Å². The molecule has 1 aromatic rings. The van der Waals surface area contributed by atoms with Crippen molar-refractivity contribution >= 4 is 17.7 Å². The number of benzene rings is 1. The number of carbonyl (C=O) groups is 1. The first kappa shape index (κ1) is 13.1. The third kappa shape index (κ3) is 3.89. The van der Waals surface area contributed by atoms with Crippen LogP contribution in [0.5, 0.6) is 0 Å². The Morgan fingerprint density at radius 3 is 2.69 bits per heavy atom. The number of hydrogen-bond donors (Lipinski definition) is 0. The van der Waals surface area contributed by atoms with Crippen molar-refractivity contribution < 1.29 is 9.53 Å². The molecule has 1 aromatic carbocycles. The van der Waals surface area contributed by atoms with Crippen LogP contribution in [0.2, 0.25) is 0 Å². The Bertz CT molecular complexity index is 336. The average molecular weight is 238 g/mol. The van der Waals surface area contributed by atoms with E-state index in [1.165, 1.54) is 0 Å². The quantitative estimate of drug-likeness (QED) is 0.557. The summed E-state index contributed by atoms with van der Waals surface area (Å²) in [4.78, 5) is 12.8. The van der Waals surface area contributed by atoms with Crippen LogP contribution in [0.25, 0.3) is 0 Å². The highest BCUT2D eigenvalue weighted by molar-refractivity contribution is 7.99. The van der Waals surface area contributed by atoms with Crippen molar-refractivity contribution in [2.45, 2.75) is 31.6 Å². The van der Waals surface area contributed by atoms with Crippen molar-refractivity contribution in [2.75, 3.05) is 12.4 Å². The van der Waals surface area contributed by atoms with Crippen LogP contribution in [0.1, 0.15) is 37.0 Å². The van der Waals surface area contributed by atoms with Crippen molar-refractivity contribution in [3.8, 4) is 0 Å². The third-order valence-corrected chi connectivity index (χ3v) is 3.29. The van der Waals surface area contributed by atoms with E-state index in [2.05, 4.69) is 6.92 Å². The predicted molar refractivity (Wildman–Crippen MR) is 68.0 cm³/mol. The van der Waals surface area contributed by atoms with Crippen LogP contribution in [0.4, 0.5) is 0 Å². The summed E-state index contributed by atoms with van der Waals surface area (Å²) in [5, 5.41) is 0. The molecular weight excluding hydrogens is 220 g/mol. The van der Waals surface area contributed by atoms with E-state index in [0.29, 0.717) is 12.2 Å². The molecule has 16 heavy (non-hydrogen) atoms. The van der Waals surface area contributed by atoms with Crippen LogP contribution in [0.15, 0.2) is 29.2 Å². The molecule has 0 amide bonds. The van der Waals surface area contributed by atoms with Gasteiger partial charge in [-0.1, -0.05) is 26.0 Å². The minimum Gasteiger partial charge on any atom is -0.462 e. The molecule has 0 aromatic heterocycles. The molecule has 2 nitrogen and oxygen atoms in total. The highest BCUT2D eigenvalue weighted by atomic mass is 32.2. The molecule has 0 aliphatic rings. The van der Waals surface area contributed by atoms with Gasteiger partial charge in [0, 0.05) is 4.90 Å². The van der Waals surface area contributed by atoms with Gasteiger partial charge in [-0.2, -0.15) is 0 Å². The molecule has 1 rings (SSSR count). The van der Waals surface area contributed by atoms with Gasteiger partial charge in [-0.05, 0) is 30.7 Å². The van der Waals surface area contributed by atoms with Crippen LogP contribution in [0.3, 0.4) is 0 Å². The normalized spacial score (nSPS) is 10.1. The molecule has 0 bridgehead atoms. The molecule has 0 unspecified atom stereocenters. The number of rotatable bonds is 6. The zero-order chi connectivity index (χ0) is 11.8. The summed E-state index contributed by atoms with van der Waals surface area (Å²) in [6.07, 6.45) is 1.96. The topological polar surface area (TPSA) is 26.3 Å². The number of carbonyl (C=O) groups excluding carboxylic acids is 1. The maximum atomic E-state index is 11.8. The first-order valence-electron chi connectivity index (χ1n) is 5.68. The fourth-order valence-electron chi connectivity index (χ4n) is 1.25. The van der Waals surface area contributed by atoms with Gasteiger partial charge in [-0.15, -0.1) is 11.8 Å². The molecule has 3 heteroatoms. The minimum absolute atomic E-state index is 0.207. The molecule has 0 radical (unpaired) electrons. The van der Waals surface area contributed by atoms with E-state index in [-0.39, 0.29) is 5.97 Å². The van der Waals surface area contributed by atoms with Crippen molar-refractivity contribution in [1.29, 1.82) is 0 Å². The second-order valence-electron chi connectivity index (χ2n) is 3.48. The average Bonchev–Trinajstić information content (AvgIpc) is 2.33. The first-order chi connectivity index (χ1) is 7.79. The van der Waals surface area contributed by atoms with Gasteiger partial charge in [0.25, 0.3) is 0 Å². The summed E-state index contributed by atoms with van der Waals surface area (Å²) in [5.41, 5.74) is 0.689. The first-order valence-corrected chi connectivity index (χ1v) is 6.67. The smallest absolute Gasteiger partial charge is 0.339 e. The molecule has 0 heterocycles. The van der Waals surface area contributed by atoms with Gasteiger partial charge in [0.15, 0.2) is 0 Å². The van der Waals surface area contributed by atoms with Crippen molar-refractivity contribution in [3.05, 3.63) is 29.8 Å². The monoisotopic (exact) mass is 238 g/mol. The van der Waals surface area contributed by atoms with Gasteiger partial charge in [-0.25, -0.2) is 4.79 Å². The summed E-state index contributed by atoms with van der Waals surface area (Å²) >= 11 is 1.71. The number of ether oxygens (including phenoxy) is 1. The molecule has 0 saturated carbocycles. The summed E-state index contributed by atoms with van der Waals surface area (Å²) in [6.45, 7) is 4.61. The third-order valence-electron chi connectivity index (χ3n) is 2.01. The highest BCUT2D eigenvalue weighted by Crippen LogP contribution is 2.23. The molecule has 88 valence electrons. The Hall–Kier alpha value is -0.960. The lowest BCUT2D eigenvalue weighted by atomic mass is 10.2. The van der Waals surface area contributed by atoms with Gasteiger partial charge < -0.3 is 4.74 Å². The summed E-state index contributed by atoms with van der Waals surface area (Å²) in [7, 11) is 0. The zero-order valence-electron chi connectivity index (χ0n) is 9.86. The minimum atomic E-state index is -0.207. The Labute approximate surface area is 101 Å².